The van der Waals surface area contributed by atoms with E-state index in [1.165, 1.54) is 5.69 Å². The Morgan fingerprint density at radius 3 is 2.38 bits per heavy atom. The molecule has 24 heavy (non-hydrogen) atoms. The minimum atomic E-state index is -0.0923. The molecule has 2 aromatic rings. The fourth-order valence-corrected chi connectivity index (χ4v) is 2.90. The first-order valence-electron chi connectivity index (χ1n) is 8.32. The number of hydrogen-bond acceptors (Lipinski definition) is 4. The zero-order valence-corrected chi connectivity index (χ0v) is 14.5. The average Bonchev–Trinajstić information content (AvgIpc) is 2.59. The zero-order valence-electron chi connectivity index (χ0n) is 14.5. The van der Waals surface area contributed by atoms with E-state index in [0.29, 0.717) is 5.56 Å². The van der Waals surface area contributed by atoms with Crippen LogP contribution in [-0.4, -0.2) is 49.0 Å². The molecule has 0 atom stereocenters. The van der Waals surface area contributed by atoms with E-state index in [4.69, 9.17) is 0 Å². The lowest BCUT2D eigenvalue weighted by Crippen LogP contribution is -2.44. The predicted octanol–water partition coefficient (Wildman–Crippen LogP) is 2.70. The van der Waals surface area contributed by atoms with Gasteiger partial charge in [-0.1, -0.05) is 0 Å². The van der Waals surface area contributed by atoms with Crippen molar-refractivity contribution >= 4 is 17.3 Å². The van der Waals surface area contributed by atoms with Gasteiger partial charge in [0, 0.05) is 55.0 Å². The molecule has 1 aromatic heterocycles. The van der Waals surface area contributed by atoms with E-state index in [1.807, 2.05) is 26.0 Å². The highest BCUT2D eigenvalue weighted by molar-refractivity contribution is 6.05. The highest BCUT2D eigenvalue weighted by Crippen LogP contribution is 2.20. The van der Waals surface area contributed by atoms with E-state index >= 15 is 0 Å². The Morgan fingerprint density at radius 2 is 1.71 bits per heavy atom. The van der Waals surface area contributed by atoms with Gasteiger partial charge in [-0.15, -0.1) is 0 Å². The van der Waals surface area contributed by atoms with Crippen molar-refractivity contribution in [3.8, 4) is 0 Å². The number of aromatic nitrogens is 1. The Hall–Kier alpha value is -2.40. The van der Waals surface area contributed by atoms with Gasteiger partial charge in [-0.2, -0.15) is 0 Å². The number of rotatable bonds is 3. The molecule has 2 heterocycles. The first-order valence-corrected chi connectivity index (χ1v) is 8.32. The van der Waals surface area contributed by atoms with Gasteiger partial charge in [-0.3, -0.25) is 9.78 Å². The Morgan fingerprint density at radius 1 is 1.04 bits per heavy atom. The SMILES string of the molecule is Cc1nccc(C(=O)Nc2ccc(N3CCN(C)CC3)cc2)c1C. The molecule has 1 amide bonds. The molecule has 0 unspecified atom stereocenters. The molecular formula is C19H24N4O. The number of likely N-dealkylation sites (N-methyl/N-ethyl adjacent to an activating group) is 1. The molecule has 1 saturated heterocycles. The number of amides is 1. The summed E-state index contributed by atoms with van der Waals surface area (Å²) >= 11 is 0. The Bertz CT molecular complexity index is 719. The highest BCUT2D eigenvalue weighted by atomic mass is 16.1. The third kappa shape index (κ3) is 3.57. The number of nitrogens with one attached hydrogen (secondary N) is 1. The molecule has 126 valence electrons. The number of hydrogen-bond donors (Lipinski definition) is 1. The summed E-state index contributed by atoms with van der Waals surface area (Å²) in [5, 5.41) is 2.97. The molecule has 5 nitrogen and oxygen atoms in total. The first-order chi connectivity index (χ1) is 11.5. The van der Waals surface area contributed by atoms with E-state index in [2.05, 4.69) is 39.3 Å². The van der Waals surface area contributed by atoms with E-state index in [0.717, 1.165) is 43.1 Å². The molecule has 0 aliphatic carbocycles. The van der Waals surface area contributed by atoms with Crippen LogP contribution in [0.4, 0.5) is 11.4 Å². The maximum atomic E-state index is 12.5. The molecule has 1 fully saturated rings. The minimum absolute atomic E-state index is 0.0923. The molecule has 0 bridgehead atoms. The van der Waals surface area contributed by atoms with Gasteiger partial charge in [0.05, 0.1) is 0 Å². The lowest BCUT2D eigenvalue weighted by Gasteiger charge is -2.34. The topological polar surface area (TPSA) is 48.5 Å². The predicted molar refractivity (Wildman–Crippen MR) is 97.8 cm³/mol. The van der Waals surface area contributed by atoms with Gasteiger partial charge in [0.15, 0.2) is 0 Å². The second kappa shape index (κ2) is 7.01. The first kappa shape index (κ1) is 16.5. The quantitative estimate of drug-likeness (QED) is 0.943. The van der Waals surface area contributed by atoms with Gasteiger partial charge in [0.25, 0.3) is 5.91 Å². The van der Waals surface area contributed by atoms with E-state index in [9.17, 15) is 4.79 Å². The zero-order chi connectivity index (χ0) is 17.1. The summed E-state index contributed by atoms with van der Waals surface area (Å²) < 4.78 is 0. The third-order valence-electron chi connectivity index (χ3n) is 4.69. The fourth-order valence-electron chi connectivity index (χ4n) is 2.90. The lowest BCUT2D eigenvalue weighted by atomic mass is 10.1. The van der Waals surface area contributed by atoms with Gasteiger partial charge in [-0.05, 0) is 56.8 Å². The molecule has 1 N–H and O–H groups in total. The van der Waals surface area contributed by atoms with Crippen LogP contribution in [0.3, 0.4) is 0 Å². The molecule has 0 radical (unpaired) electrons. The van der Waals surface area contributed by atoms with Crippen LogP contribution in [-0.2, 0) is 0 Å². The second-order valence-electron chi connectivity index (χ2n) is 6.36. The maximum Gasteiger partial charge on any atom is 0.256 e. The number of carbonyl (C=O) groups excluding carboxylic acids is 1. The normalized spacial score (nSPS) is 15.4. The molecule has 3 rings (SSSR count). The van der Waals surface area contributed by atoms with Crippen LogP contribution in [0.15, 0.2) is 36.5 Å². The minimum Gasteiger partial charge on any atom is -0.369 e. The molecule has 1 aromatic carbocycles. The van der Waals surface area contributed by atoms with Crippen LogP contribution < -0.4 is 10.2 Å². The third-order valence-corrected chi connectivity index (χ3v) is 4.69. The Kier molecular flexibility index (Phi) is 4.81. The number of pyridine rings is 1. The molecule has 0 spiro atoms. The van der Waals surface area contributed by atoms with Gasteiger partial charge in [0.1, 0.15) is 0 Å². The van der Waals surface area contributed by atoms with Crippen LogP contribution in [0, 0.1) is 13.8 Å². The molecular weight excluding hydrogens is 300 g/mol. The van der Waals surface area contributed by atoms with Gasteiger partial charge in [-0.25, -0.2) is 0 Å². The lowest BCUT2D eigenvalue weighted by molar-refractivity contribution is 0.102. The van der Waals surface area contributed by atoms with Crippen LogP contribution in [0.5, 0.6) is 0 Å². The molecule has 1 aliphatic rings. The summed E-state index contributed by atoms with van der Waals surface area (Å²) in [5.74, 6) is -0.0923. The van der Waals surface area contributed by atoms with Crippen molar-refractivity contribution in [1.82, 2.24) is 9.88 Å². The van der Waals surface area contributed by atoms with E-state index in [1.54, 1.807) is 12.3 Å². The van der Waals surface area contributed by atoms with Crippen molar-refractivity contribution in [2.75, 3.05) is 43.4 Å². The summed E-state index contributed by atoms with van der Waals surface area (Å²) in [6, 6.07) is 9.84. The van der Waals surface area contributed by atoms with Crippen molar-refractivity contribution in [2.24, 2.45) is 0 Å². The number of aryl methyl sites for hydroxylation is 1. The smallest absolute Gasteiger partial charge is 0.256 e. The van der Waals surface area contributed by atoms with Crippen molar-refractivity contribution < 1.29 is 4.79 Å². The summed E-state index contributed by atoms with van der Waals surface area (Å²) in [7, 11) is 2.15. The number of benzene rings is 1. The number of nitrogens with zero attached hydrogens (tertiary/aromatic N) is 3. The summed E-state index contributed by atoms with van der Waals surface area (Å²) in [6.07, 6.45) is 1.67. The van der Waals surface area contributed by atoms with Crippen LogP contribution in [0.2, 0.25) is 0 Å². The standard InChI is InChI=1S/C19H24N4O/c1-14-15(2)20-9-8-18(14)19(24)21-16-4-6-17(7-5-16)23-12-10-22(3)11-13-23/h4-9H,10-13H2,1-3H3,(H,21,24). The molecule has 5 heteroatoms. The van der Waals surface area contributed by atoms with Crippen molar-refractivity contribution in [3.05, 3.63) is 53.3 Å². The number of anilines is 2. The highest BCUT2D eigenvalue weighted by Gasteiger charge is 2.15. The fraction of sp³-hybridized carbons (Fsp3) is 0.368. The monoisotopic (exact) mass is 324 g/mol. The van der Waals surface area contributed by atoms with Gasteiger partial charge in [0.2, 0.25) is 0 Å². The number of piperazine rings is 1. The summed E-state index contributed by atoms with van der Waals surface area (Å²) in [4.78, 5) is 21.4. The second-order valence-corrected chi connectivity index (χ2v) is 6.36. The largest absolute Gasteiger partial charge is 0.369 e. The van der Waals surface area contributed by atoms with Gasteiger partial charge < -0.3 is 15.1 Å². The molecule has 0 saturated carbocycles. The average molecular weight is 324 g/mol. The Labute approximate surface area is 143 Å². The van der Waals surface area contributed by atoms with Crippen LogP contribution in [0.25, 0.3) is 0 Å². The van der Waals surface area contributed by atoms with E-state index in [-0.39, 0.29) is 5.91 Å². The van der Waals surface area contributed by atoms with Crippen LogP contribution in [0.1, 0.15) is 21.6 Å². The number of carbonyl (C=O) groups is 1. The summed E-state index contributed by atoms with van der Waals surface area (Å²) in [5.41, 5.74) is 4.49. The van der Waals surface area contributed by atoms with Crippen molar-refractivity contribution in [3.63, 3.8) is 0 Å². The van der Waals surface area contributed by atoms with Crippen molar-refractivity contribution in [2.45, 2.75) is 13.8 Å². The maximum absolute atomic E-state index is 12.5. The Balaban J connectivity index is 1.68. The van der Waals surface area contributed by atoms with Crippen LogP contribution >= 0.6 is 0 Å². The summed E-state index contributed by atoms with van der Waals surface area (Å²) in [6.45, 7) is 8.08. The van der Waals surface area contributed by atoms with E-state index < -0.39 is 0 Å². The van der Waals surface area contributed by atoms with Gasteiger partial charge >= 0.3 is 0 Å². The van der Waals surface area contributed by atoms with Crippen molar-refractivity contribution in [1.29, 1.82) is 0 Å². The molecule has 1 aliphatic heterocycles.